The van der Waals surface area contributed by atoms with Crippen molar-refractivity contribution in [1.82, 2.24) is 20.0 Å². The van der Waals surface area contributed by atoms with Crippen LogP contribution >= 0.6 is 12.2 Å². The van der Waals surface area contributed by atoms with E-state index in [1.807, 2.05) is 0 Å². The van der Waals surface area contributed by atoms with Gasteiger partial charge in [0.15, 0.2) is 0 Å². The Labute approximate surface area is 272 Å². The van der Waals surface area contributed by atoms with E-state index >= 15 is 0 Å². The van der Waals surface area contributed by atoms with E-state index in [1.165, 1.54) is 18.2 Å². The van der Waals surface area contributed by atoms with Crippen molar-refractivity contribution in [2.75, 3.05) is 52.9 Å². The fraction of sp³-hybridized carbons (Fsp3) is 0.606. The zero-order chi connectivity index (χ0) is 32.4. The molecular formula is C33H46F4N4O2S2. The van der Waals surface area contributed by atoms with Crippen molar-refractivity contribution in [2.24, 2.45) is 5.92 Å². The van der Waals surface area contributed by atoms with Gasteiger partial charge in [-0.05, 0) is 81.8 Å². The molecule has 0 saturated carbocycles. The van der Waals surface area contributed by atoms with E-state index in [4.69, 9.17) is 17.3 Å². The van der Waals surface area contributed by atoms with Gasteiger partial charge in [0, 0.05) is 69.1 Å². The number of hydrogen-bond acceptors (Lipinski definition) is 6. The Kier molecular flexibility index (Phi) is 13.6. The number of benzene rings is 1. The standard InChI is InChI=1S/C32H42F4N4OS2.CH4O/c33-25-5-11-29(12-6-25)43(41)30-13-7-26(8-14-30)37-27-15-18-40(19-16-27)31(42)2-1-17-38-20-22-39(23-21-38)28-9-3-24(4-10-28)32(34,35)36;1-2/h3,5-7,9-13,24,26-27,30,37H,1-2,4,8,14-23H2;2H,1H3. The SMILES string of the molecule is CO.O=S(c1ccc(F)cc1)C1C=CC(NC2CCN(C(=S)CCCN3CCN(C4=CCC(C(F)(F)F)C=C4)CC3)CC2)CC1. The minimum Gasteiger partial charge on any atom is -0.400 e. The number of halogens is 4. The molecule has 2 aliphatic carbocycles. The van der Waals surface area contributed by atoms with Crippen LogP contribution in [0.4, 0.5) is 17.6 Å². The number of nitrogens with zero attached hydrogens (tertiary/aromatic N) is 3. The molecule has 0 aromatic heterocycles. The molecule has 12 heteroatoms. The average Bonchev–Trinajstić information content (AvgIpc) is 3.06. The van der Waals surface area contributed by atoms with Gasteiger partial charge in [-0.3, -0.25) is 9.11 Å². The van der Waals surface area contributed by atoms with E-state index in [0.29, 0.717) is 10.9 Å². The van der Waals surface area contributed by atoms with Crippen LogP contribution in [0.3, 0.4) is 0 Å². The molecule has 0 radical (unpaired) electrons. The summed E-state index contributed by atoms with van der Waals surface area (Å²) in [7, 11) is -0.165. The normalized spacial score (nSPS) is 25.4. The van der Waals surface area contributed by atoms with E-state index in [0.717, 1.165) is 102 Å². The molecule has 2 heterocycles. The molecular weight excluding hydrogens is 625 g/mol. The summed E-state index contributed by atoms with van der Waals surface area (Å²) in [5.74, 6) is -1.67. The summed E-state index contributed by atoms with van der Waals surface area (Å²) in [6.45, 7) is 6.40. The Bertz CT molecular complexity index is 1210. The maximum atomic E-state index is 13.2. The number of likely N-dealkylation sites (tertiary alicyclic amines) is 1. The fourth-order valence-corrected chi connectivity index (χ4v) is 8.05. The number of piperidine rings is 1. The van der Waals surface area contributed by atoms with Crippen LogP contribution in [0, 0.1) is 11.7 Å². The summed E-state index contributed by atoms with van der Waals surface area (Å²) >= 11 is 5.79. The topological polar surface area (TPSA) is 59.1 Å². The molecule has 0 spiro atoms. The third kappa shape index (κ3) is 10.4. The molecule has 1 aromatic rings. The maximum Gasteiger partial charge on any atom is 0.395 e. The van der Waals surface area contributed by atoms with E-state index in [2.05, 4.69) is 32.2 Å². The van der Waals surface area contributed by atoms with Crippen LogP contribution in [0.25, 0.3) is 0 Å². The molecule has 45 heavy (non-hydrogen) atoms. The summed E-state index contributed by atoms with van der Waals surface area (Å²) in [6.07, 6.45) is 10.5. The van der Waals surface area contributed by atoms with Crippen molar-refractivity contribution in [3.05, 3.63) is 66.2 Å². The predicted octanol–water partition coefficient (Wildman–Crippen LogP) is 5.43. The number of rotatable bonds is 9. The molecule has 0 amide bonds. The molecule has 2 saturated heterocycles. The molecule has 250 valence electrons. The van der Waals surface area contributed by atoms with Gasteiger partial charge >= 0.3 is 6.18 Å². The molecule has 2 aliphatic heterocycles. The van der Waals surface area contributed by atoms with Crippen LogP contribution in [-0.2, 0) is 10.8 Å². The van der Waals surface area contributed by atoms with Crippen molar-refractivity contribution >= 4 is 28.0 Å². The van der Waals surface area contributed by atoms with Gasteiger partial charge in [-0.25, -0.2) is 4.39 Å². The average molecular weight is 671 g/mol. The number of aliphatic hydroxyl groups is 1. The van der Waals surface area contributed by atoms with E-state index in [-0.39, 0.29) is 23.5 Å². The number of nitrogens with one attached hydrogen (secondary N) is 1. The van der Waals surface area contributed by atoms with Crippen molar-refractivity contribution in [1.29, 1.82) is 0 Å². The molecule has 1 aromatic carbocycles. The lowest BCUT2D eigenvalue weighted by Gasteiger charge is -2.38. The molecule has 4 atom stereocenters. The second-order valence-corrected chi connectivity index (χ2v) is 14.1. The van der Waals surface area contributed by atoms with Gasteiger partial charge in [-0.15, -0.1) is 0 Å². The first-order chi connectivity index (χ1) is 21.7. The second-order valence-electron chi connectivity index (χ2n) is 12.0. The molecule has 0 bridgehead atoms. The highest BCUT2D eigenvalue weighted by molar-refractivity contribution is 7.85. The first-order valence-electron chi connectivity index (χ1n) is 15.9. The van der Waals surface area contributed by atoms with E-state index in [9.17, 15) is 21.8 Å². The summed E-state index contributed by atoms with van der Waals surface area (Å²) in [4.78, 5) is 8.68. The predicted molar refractivity (Wildman–Crippen MR) is 176 cm³/mol. The van der Waals surface area contributed by atoms with Crippen LogP contribution in [-0.4, -0.2) is 105 Å². The summed E-state index contributed by atoms with van der Waals surface area (Å²) in [5, 5.41) is 10.7. The number of aliphatic hydroxyl groups excluding tert-OH is 1. The van der Waals surface area contributed by atoms with E-state index < -0.39 is 22.9 Å². The van der Waals surface area contributed by atoms with Crippen molar-refractivity contribution in [3.8, 4) is 0 Å². The Balaban J connectivity index is 0.00000226. The van der Waals surface area contributed by atoms with Gasteiger partial charge in [0.1, 0.15) is 5.82 Å². The first-order valence-corrected chi connectivity index (χ1v) is 17.5. The summed E-state index contributed by atoms with van der Waals surface area (Å²) in [5.41, 5.74) is 0.918. The molecule has 4 aliphatic rings. The summed E-state index contributed by atoms with van der Waals surface area (Å²) < 4.78 is 64.8. The zero-order valence-corrected chi connectivity index (χ0v) is 27.6. The third-order valence-corrected chi connectivity index (χ3v) is 11.2. The lowest BCUT2D eigenvalue weighted by atomic mass is 9.98. The van der Waals surface area contributed by atoms with Gasteiger partial charge < -0.3 is 20.2 Å². The van der Waals surface area contributed by atoms with Gasteiger partial charge in [0.2, 0.25) is 0 Å². The van der Waals surface area contributed by atoms with Gasteiger partial charge in [-0.1, -0.05) is 36.5 Å². The number of allylic oxidation sites excluding steroid dienone is 3. The Hall–Kier alpha value is -2.12. The third-order valence-electron chi connectivity index (χ3n) is 9.04. The maximum absolute atomic E-state index is 13.2. The van der Waals surface area contributed by atoms with Crippen molar-refractivity contribution in [2.45, 2.75) is 73.4 Å². The molecule has 5 rings (SSSR count). The number of hydrogen-bond donors (Lipinski definition) is 2. The summed E-state index contributed by atoms with van der Waals surface area (Å²) in [6, 6.07) is 6.68. The zero-order valence-electron chi connectivity index (χ0n) is 25.9. The number of thiocarbonyl (C=S) groups is 1. The first kappa shape index (κ1) is 35.7. The van der Waals surface area contributed by atoms with Gasteiger partial charge in [-0.2, -0.15) is 13.2 Å². The van der Waals surface area contributed by atoms with Crippen LogP contribution in [0.2, 0.25) is 0 Å². The second kappa shape index (κ2) is 17.2. The number of alkyl halides is 3. The van der Waals surface area contributed by atoms with Crippen molar-refractivity contribution < 1.29 is 26.9 Å². The van der Waals surface area contributed by atoms with Crippen LogP contribution in [0.1, 0.15) is 44.9 Å². The highest BCUT2D eigenvalue weighted by Crippen LogP contribution is 2.34. The molecule has 6 nitrogen and oxygen atoms in total. The Morgan fingerprint density at radius 3 is 2.24 bits per heavy atom. The minimum absolute atomic E-state index is 0.0293. The lowest BCUT2D eigenvalue weighted by molar-refractivity contribution is -0.160. The molecule has 2 N–H and O–H groups in total. The van der Waals surface area contributed by atoms with E-state index in [1.54, 1.807) is 24.3 Å². The van der Waals surface area contributed by atoms with Gasteiger partial charge in [0.05, 0.1) is 27.0 Å². The monoisotopic (exact) mass is 670 g/mol. The highest BCUT2D eigenvalue weighted by atomic mass is 32.2. The highest BCUT2D eigenvalue weighted by Gasteiger charge is 2.38. The molecule has 2 fully saturated rings. The van der Waals surface area contributed by atoms with Crippen LogP contribution in [0.5, 0.6) is 0 Å². The smallest absolute Gasteiger partial charge is 0.395 e. The van der Waals surface area contributed by atoms with Gasteiger partial charge in [0.25, 0.3) is 0 Å². The fourth-order valence-electron chi connectivity index (χ4n) is 6.38. The van der Waals surface area contributed by atoms with Crippen LogP contribution in [0.15, 0.2) is 65.2 Å². The molecule has 4 unspecified atom stereocenters. The quantitative estimate of drug-likeness (QED) is 0.207. The largest absolute Gasteiger partial charge is 0.400 e. The Morgan fingerprint density at radius 1 is 0.978 bits per heavy atom. The number of piperazine rings is 1. The van der Waals surface area contributed by atoms with Crippen LogP contribution < -0.4 is 5.32 Å². The minimum atomic E-state index is -4.17. The lowest BCUT2D eigenvalue weighted by Crippen LogP contribution is -2.48. The van der Waals surface area contributed by atoms with Crippen molar-refractivity contribution in [3.63, 3.8) is 0 Å². The Morgan fingerprint density at radius 2 is 1.67 bits per heavy atom.